The van der Waals surface area contributed by atoms with Gasteiger partial charge in [0.25, 0.3) is 5.91 Å². The van der Waals surface area contributed by atoms with Crippen molar-refractivity contribution in [3.8, 4) is 0 Å². The van der Waals surface area contributed by atoms with Gasteiger partial charge in [0, 0.05) is 25.1 Å². The smallest absolute Gasteiger partial charge is 0.269 e. The maximum atomic E-state index is 12.4. The van der Waals surface area contributed by atoms with Crippen LogP contribution in [0.4, 0.5) is 5.82 Å². The van der Waals surface area contributed by atoms with Crippen LogP contribution in [-0.4, -0.2) is 48.0 Å². The first kappa shape index (κ1) is 16.1. The molecule has 2 aliphatic heterocycles. The summed E-state index contributed by atoms with van der Waals surface area (Å²) >= 11 is 0. The molecule has 1 amide bonds. The summed E-state index contributed by atoms with van der Waals surface area (Å²) in [5.41, 5.74) is 1.90. The van der Waals surface area contributed by atoms with Crippen molar-refractivity contribution in [2.75, 3.05) is 31.2 Å². The zero-order valence-electron chi connectivity index (χ0n) is 14.7. The van der Waals surface area contributed by atoms with Crippen molar-refractivity contribution in [1.82, 2.24) is 15.1 Å². The molecular formula is C19H24N4O2. The second-order valence-electron chi connectivity index (χ2n) is 6.93. The first-order valence-corrected chi connectivity index (χ1v) is 8.92. The minimum Gasteiger partial charge on any atom is -0.377 e. The van der Waals surface area contributed by atoms with Crippen molar-refractivity contribution in [1.29, 1.82) is 0 Å². The van der Waals surface area contributed by atoms with E-state index in [1.54, 1.807) is 0 Å². The van der Waals surface area contributed by atoms with Crippen LogP contribution in [0.3, 0.4) is 0 Å². The van der Waals surface area contributed by atoms with Gasteiger partial charge in [0.2, 0.25) is 0 Å². The molecule has 0 saturated carbocycles. The largest absolute Gasteiger partial charge is 0.377 e. The Morgan fingerprint density at radius 1 is 1.32 bits per heavy atom. The topological polar surface area (TPSA) is 59.4 Å². The highest BCUT2D eigenvalue weighted by Gasteiger charge is 2.33. The van der Waals surface area contributed by atoms with Crippen LogP contribution >= 0.6 is 0 Å². The average Bonchev–Trinajstić information content (AvgIpc) is 3.08. The number of nitrogens with zero attached hydrogens (tertiary/aromatic N) is 3. The van der Waals surface area contributed by atoms with Crippen molar-refractivity contribution in [2.45, 2.75) is 31.8 Å². The molecule has 6 nitrogen and oxygen atoms in total. The number of benzene rings is 1. The molecule has 0 aliphatic carbocycles. The van der Waals surface area contributed by atoms with Gasteiger partial charge in [0.05, 0.1) is 25.3 Å². The highest BCUT2D eigenvalue weighted by Crippen LogP contribution is 2.32. The van der Waals surface area contributed by atoms with Gasteiger partial charge >= 0.3 is 0 Å². The van der Waals surface area contributed by atoms with Gasteiger partial charge in [0.15, 0.2) is 5.82 Å². The predicted molar refractivity (Wildman–Crippen MR) is 96.1 cm³/mol. The zero-order valence-corrected chi connectivity index (χ0v) is 14.7. The Morgan fingerprint density at radius 2 is 2.12 bits per heavy atom. The number of aromatic nitrogens is 2. The van der Waals surface area contributed by atoms with Crippen molar-refractivity contribution in [2.24, 2.45) is 0 Å². The number of nitrogens with one attached hydrogen (secondary N) is 1. The quantitative estimate of drug-likeness (QED) is 0.931. The Balaban J connectivity index is 1.68. The van der Waals surface area contributed by atoms with E-state index in [-0.39, 0.29) is 23.9 Å². The molecule has 1 N–H and O–H groups in total. The van der Waals surface area contributed by atoms with Gasteiger partial charge in [-0.2, -0.15) is 5.10 Å². The standard InChI is InChI=1S/C19H24N4O2/c1-13-12-25-9-8-22(13)18-10-16-19(24)20-11-17(23(16)21-18)14(2)15-6-4-3-5-7-15/h3-7,10,13-14,17H,8-9,11-12H2,1-2H3,(H,20,24)/t13-,14-,17+/m1/s1. The monoisotopic (exact) mass is 340 g/mol. The molecule has 2 aromatic rings. The number of anilines is 1. The van der Waals surface area contributed by atoms with Crippen LogP contribution in [0, 0.1) is 0 Å². The predicted octanol–water partition coefficient (Wildman–Crippen LogP) is 2.20. The number of carbonyl (C=O) groups is 1. The van der Waals surface area contributed by atoms with Gasteiger partial charge in [-0.05, 0) is 12.5 Å². The number of morpholine rings is 1. The molecule has 3 heterocycles. The molecule has 1 aromatic heterocycles. The summed E-state index contributed by atoms with van der Waals surface area (Å²) in [6.45, 7) is 7.11. The van der Waals surface area contributed by atoms with Gasteiger partial charge in [0.1, 0.15) is 5.69 Å². The van der Waals surface area contributed by atoms with E-state index in [2.05, 4.69) is 48.3 Å². The van der Waals surface area contributed by atoms with Gasteiger partial charge in [-0.1, -0.05) is 37.3 Å². The summed E-state index contributed by atoms with van der Waals surface area (Å²) < 4.78 is 7.44. The van der Waals surface area contributed by atoms with Crippen LogP contribution in [0.5, 0.6) is 0 Å². The SMILES string of the molecule is C[C@H](c1ccccc1)[C@@H]1CNC(=O)c2cc(N3CCOC[C@H]3C)nn21. The fraction of sp³-hybridized carbons (Fsp3) is 0.474. The van der Waals surface area contributed by atoms with E-state index in [1.165, 1.54) is 5.56 Å². The minimum atomic E-state index is -0.0452. The van der Waals surface area contributed by atoms with Gasteiger partial charge in [-0.15, -0.1) is 0 Å². The molecule has 25 heavy (non-hydrogen) atoms. The lowest BCUT2D eigenvalue weighted by Crippen LogP contribution is -2.44. The lowest BCUT2D eigenvalue weighted by Gasteiger charge is -2.33. The van der Waals surface area contributed by atoms with Crippen LogP contribution in [0.25, 0.3) is 0 Å². The summed E-state index contributed by atoms with van der Waals surface area (Å²) in [5, 5.41) is 7.85. The van der Waals surface area contributed by atoms with Gasteiger partial charge < -0.3 is 15.0 Å². The molecule has 6 heteroatoms. The third kappa shape index (κ3) is 2.91. The molecular weight excluding hydrogens is 316 g/mol. The van der Waals surface area contributed by atoms with E-state index in [9.17, 15) is 4.79 Å². The zero-order chi connectivity index (χ0) is 17.4. The van der Waals surface area contributed by atoms with Gasteiger partial charge in [-0.3, -0.25) is 9.48 Å². The van der Waals surface area contributed by atoms with Crippen molar-refractivity contribution >= 4 is 11.7 Å². The maximum absolute atomic E-state index is 12.4. The Labute approximate surface area is 147 Å². The summed E-state index contributed by atoms with van der Waals surface area (Å²) in [6, 6.07) is 12.7. The third-order valence-corrected chi connectivity index (χ3v) is 5.31. The number of ether oxygens (including phenoxy) is 1. The minimum absolute atomic E-state index is 0.0452. The van der Waals surface area contributed by atoms with E-state index < -0.39 is 0 Å². The van der Waals surface area contributed by atoms with E-state index in [4.69, 9.17) is 9.84 Å². The number of hydrogen-bond acceptors (Lipinski definition) is 4. The Bertz CT molecular complexity index is 758. The van der Waals surface area contributed by atoms with E-state index in [0.717, 1.165) is 12.4 Å². The molecule has 1 fully saturated rings. The molecule has 1 aromatic carbocycles. The van der Waals surface area contributed by atoms with Crippen LogP contribution < -0.4 is 10.2 Å². The second kappa shape index (κ2) is 6.52. The average molecular weight is 340 g/mol. The molecule has 4 rings (SSSR count). The molecule has 3 atom stereocenters. The number of carbonyl (C=O) groups excluding carboxylic acids is 1. The first-order chi connectivity index (χ1) is 12.1. The maximum Gasteiger partial charge on any atom is 0.269 e. The van der Waals surface area contributed by atoms with Crippen molar-refractivity contribution in [3.63, 3.8) is 0 Å². The molecule has 0 bridgehead atoms. The van der Waals surface area contributed by atoms with Crippen LogP contribution in [0.15, 0.2) is 36.4 Å². The molecule has 0 spiro atoms. The fourth-order valence-electron chi connectivity index (χ4n) is 3.75. The van der Waals surface area contributed by atoms with E-state index in [0.29, 0.717) is 25.5 Å². The van der Waals surface area contributed by atoms with E-state index in [1.807, 2.05) is 16.8 Å². The molecule has 1 saturated heterocycles. The highest BCUT2D eigenvalue weighted by molar-refractivity contribution is 5.94. The second-order valence-corrected chi connectivity index (χ2v) is 6.93. The number of rotatable bonds is 3. The van der Waals surface area contributed by atoms with Crippen LogP contribution in [0.2, 0.25) is 0 Å². The number of fused-ring (bicyclic) bond motifs is 1. The third-order valence-electron chi connectivity index (χ3n) is 5.31. The lowest BCUT2D eigenvalue weighted by molar-refractivity contribution is 0.0903. The molecule has 132 valence electrons. The van der Waals surface area contributed by atoms with Crippen molar-refractivity contribution < 1.29 is 9.53 Å². The Kier molecular flexibility index (Phi) is 4.21. The normalized spacial score (nSPS) is 24.6. The van der Waals surface area contributed by atoms with Crippen LogP contribution in [0.1, 0.15) is 41.9 Å². The fourth-order valence-corrected chi connectivity index (χ4v) is 3.75. The van der Waals surface area contributed by atoms with E-state index >= 15 is 0 Å². The summed E-state index contributed by atoms with van der Waals surface area (Å²) in [7, 11) is 0. The molecule has 0 unspecified atom stereocenters. The first-order valence-electron chi connectivity index (χ1n) is 8.92. The summed E-state index contributed by atoms with van der Waals surface area (Å²) in [5.74, 6) is 1.08. The lowest BCUT2D eigenvalue weighted by atomic mass is 9.92. The molecule has 2 aliphatic rings. The number of amides is 1. The number of hydrogen-bond donors (Lipinski definition) is 1. The Hall–Kier alpha value is -2.34. The molecule has 0 radical (unpaired) electrons. The summed E-state index contributed by atoms with van der Waals surface area (Å²) in [4.78, 5) is 14.6. The highest BCUT2D eigenvalue weighted by atomic mass is 16.5. The Morgan fingerprint density at radius 3 is 2.88 bits per heavy atom. The van der Waals surface area contributed by atoms with Gasteiger partial charge in [-0.25, -0.2) is 0 Å². The van der Waals surface area contributed by atoms with Crippen molar-refractivity contribution in [3.05, 3.63) is 47.7 Å². The van der Waals surface area contributed by atoms with Crippen LogP contribution in [-0.2, 0) is 4.74 Å². The summed E-state index contributed by atoms with van der Waals surface area (Å²) in [6.07, 6.45) is 0.